The predicted octanol–water partition coefficient (Wildman–Crippen LogP) is -0.620. The lowest BCUT2D eigenvalue weighted by molar-refractivity contribution is 0.0735. The average molecular weight is 259 g/mol. The van der Waals surface area contributed by atoms with Gasteiger partial charge in [-0.25, -0.2) is 0 Å². The van der Waals surface area contributed by atoms with Crippen molar-refractivity contribution >= 4 is 0 Å². The Morgan fingerprint density at radius 3 is 2.28 bits per heavy atom. The summed E-state index contributed by atoms with van der Waals surface area (Å²) >= 11 is 0. The topological polar surface area (TPSA) is 81.8 Å². The molecule has 5 nitrogen and oxygen atoms in total. The minimum Gasteiger partial charge on any atom is -0.395 e. The molecule has 0 spiro atoms. The summed E-state index contributed by atoms with van der Waals surface area (Å²) in [5.41, 5.74) is 5.62. The van der Waals surface area contributed by atoms with Gasteiger partial charge in [0.05, 0.1) is 13.2 Å². The fourth-order valence-electron chi connectivity index (χ4n) is 2.97. The zero-order chi connectivity index (χ0) is 13.2. The van der Waals surface area contributed by atoms with E-state index in [0.717, 1.165) is 25.9 Å². The van der Waals surface area contributed by atoms with E-state index >= 15 is 0 Å². The third kappa shape index (κ3) is 5.20. The second kappa shape index (κ2) is 9.69. The zero-order valence-corrected chi connectivity index (χ0v) is 11.4. The number of nitrogens with zero attached hydrogens (tertiary/aromatic N) is 1. The molecule has 1 heterocycles. The number of aliphatic hydroxyl groups is 2. The molecule has 18 heavy (non-hydrogen) atoms. The molecular formula is C13H29N3O2. The van der Waals surface area contributed by atoms with Crippen LogP contribution in [-0.2, 0) is 0 Å². The molecule has 0 amide bonds. The van der Waals surface area contributed by atoms with Crippen molar-refractivity contribution < 1.29 is 10.2 Å². The zero-order valence-electron chi connectivity index (χ0n) is 11.4. The highest BCUT2D eigenvalue weighted by atomic mass is 16.3. The van der Waals surface area contributed by atoms with Gasteiger partial charge in [0.15, 0.2) is 0 Å². The van der Waals surface area contributed by atoms with E-state index in [-0.39, 0.29) is 13.2 Å². The van der Waals surface area contributed by atoms with Crippen molar-refractivity contribution in [3.05, 3.63) is 0 Å². The van der Waals surface area contributed by atoms with Crippen LogP contribution in [-0.4, -0.2) is 67.1 Å². The van der Waals surface area contributed by atoms with E-state index < -0.39 is 0 Å². The Bertz CT molecular complexity index is 193. The third-order valence-corrected chi connectivity index (χ3v) is 3.88. The molecule has 0 saturated carbocycles. The minimum absolute atomic E-state index is 0.157. The summed E-state index contributed by atoms with van der Waals surface area (Å²) < 4.78 is 0. The predicted molar refractivity (Wildman–Crippen MR) is 73.4 cm³/mol. The van der Waals surface area contributed by atoms with Crippen molar-refractivity contribution in [3.8, 4) is 0 Å². The van der Waals surface area contributed by atoms with E-state index in [1.807, 2.05) is 0 Å². The molecule has 0 aromatic rings. The highest BCUT2D eigenvalue weighted by Gasteiger charge is 2.27. The fourth-order valence-corrected chi connectivity index (χ4v) is 2.97. The van der Waals surface area contributed by atoms with Crippen molar-refractivity contribution in [3.63, 3.8) is 0 Å². The van der Waals surface area contributed by atoms with Crippen LogP contribution in [0.2, 0.25) is 0 Å². The quantitative estimate of drug-likeness (QED) is 0.444. The van der Waals surface area contributed by atoms with Crippen LogP contribution in [0.4, 0.5) is 0 Å². The lowest BCUT2D eigenvalue weighted by Gasteiger charge is -2.38. The molecule has 0 aliphatic carbocycles. The number of piperidine rings is 1. The second-order valence-corrected chi connectivity index (χ2v) is 5.07. The van der Waals surface area contributed by atoms with Crippen molar-refractivity contribution in [2.75, 3.05) is 45.9 Å². The first-order valence-electron chi connectivity index (χ1n) is 7.20. The lowest BCUT2D eigenvalue weighted by atomic mass is 9.86. The summed E-state index contributed by atoms with van der Waals surface area (Å²) in [4.78, 5) is 2.24. The van der Waals surface area contributed by atoms with Crippen molar-refractivity contribution in [1.29, 1.82) is 0 Å². The summed E-state index contributed by atoms with van der Waals surface area (Å²) in [6.07, 6.45) is 4.45. The number of rotatable bonds is 9. The molecule has 0 bridgehead atoms. The van der Waals surface area contributed by atoms with Gasteiger partial charge >= 0.3 is 0 Å². The van der Waals surface area contributed by atoms with Crippen LogP contribution >= 0.6 is 0 Å². The Kier molecular flexibility index (Phi) is 8.54. The largest absolute Gasteiger partial charge is 0.395 e. The molecule has 1 saturated heterocycles. The summed E-state index contributed by atoms with van der Waals surface area (Å²) in [5, 5.41) is 21.7. The van der Waals surface area contributed by atoms with E-state index in [2.05, 4.69) is 10.2 Å². The van der Waals surface area contributed by atoms with Crippen LogP contribution in [0, 0.1) is 5.92 Å². The monoisotopic (exact) mass is 259 g/mol. The van der Waals surface area contributed by atoms with Gasteiger partial charge in [-0.1, -0.05) is 0 Å². The Morgan fingerprint density at radius 1 is 1.17 bits per heavy atom. The standard InChI is InChI=1S/C13H29N3O2/c14-5-1-2-13(12-3-6-15-7-4-12)16(8-10-17)9-11-18/h12-13,15,17-18H,1-11,14H2. The summed E-state index contributed by atoms with van der Waals surface area (Å²) in [5.74, 6) is 0.663. The summed E-state index contributed by atoms with van der Waals surface area (Å²) in [6, 6.07) is 0.454. The molecule has 5 N–H and O–H groups in total. The molecule has 1 unspecified atom stereocenters. The molecule has 108 valence electrons. The molecular weight excluding hydrogens is 230 g/mol. The minimum atomic E-state index is 0.157. The maximum absolute atomic E-state index is 9.18. The fraction of sp³-hybridized carbons (Fsp3) is 1.00. The molecule has 1 aliphatic rings. The Morgan fingerprint density at radius 2 is 1.78 bits per heavy atom. The van der Waals surface area contributed by atoms with Crippen LogP contribution in [0.3, 0.4) is 0 Å². The first-order chi connectivity index (χ1) is 8.83. The molecule has 0 radical (unpaired) electrons. The van der Waals surface area contributed by atoms with Crippen LogP contribution < -0.4 is 11.1 Å². The first kappa shape index (κ1) is 15.9. The van der Waals surface area contributed by atoms with E-state index in [1.165, 1.54) is 12.8 Å². The average Bonchev–Trinajstić information content (AvgIpc) is 2.41. The van der Waals surface area contributed by atoms with E-state index in [0.29, 0.717) is 31.6 Å². The van der Waals surface area contributed by atoms with Crippen molar-refractivity contribution in [2.45, 2.75) is 31.7 Å². The van der Waals surface area contributed by atoms with E-state index in [9.17, 15) is 10.2 Å². The van der Waals surface area contributed by atoms with E-state index in [4.69, 9.17) is 5.73 Å². The summed E-state index contributed by atoms with van der Waals surface area (Å²) in [7, 11) is 0. The van der Waals surface area contributed by atoms with Gasteiger partial charge in [0, 0.05) is 19.1 Å². The van der Waals surface area contributed by atoms with Gasteiger partial charge < -0.3 is 21.3 Å². The Hall–Kier alpha value is -0.200. The highest BCUT2D eigenvalue weighted by molar-refractivity contribution is 4.83. The number of hydrogen-bond donors (Lipinski definition) is 4. The van der Waals surface area contributed by atoms with Crippen molar-refractivity contribution in [1.82, 2.24) is 10.2 Å². The van der Waals surface area contributed by atoms with Gasteiger partial charge in [0.1, 0.15) is 0 Å². The highest BCUT2D eigenvalue weighted by Crippen LogP contribution is 2.24. The molecule has 1 fully saturated rings. The molecule has 1 atom stereocenters. The van der Waals surface area contributed by atoms with Crippen LogP contribution in [0.1, 0.15) is 25.7 Å². The smallest absolute Gasteiger partial charge is 0.0558 e. The molecule has 5 heteroatoms. The first-order valence-corrected chi connectivity index (χ1v) is 7.20. The van der Waals surface area contributed by atoms with Crippen LogP contribution in [0.15, 0.2) is 0 Å². The van der Waals surface area contributed by atoms with Gasteiger partial charge in [-0.15, -0.1) is 0 Å². The Labute approximate surface area is 110 Å². The van der Waals surface area contributed by atoms with Crippen LogP contribution in [0.25, 0.3) is 0 Å². The molecule has 0 aromatic carbocycles. The normalized spacial score (nSPS) is 19.3. The number of nitrogens with one attached hydrogen (secondary N) is 1. The molecule has 1 rings (SSSR count). The Balaban J connectivity index is 2.59. The van der Waals surface area contributed by atoms with E-state index in [1.54, 1.807) is 0 Å². The van der Waals surface area contributed by atoms with Gasteiger partial charge in [-0.3, -0.25) is 4.90 Å². The lowest BCUT2D eigenvalue weighted by Crippen LogP contribution is -2.47. The third-order valence-electron chi connectivity index (χ3n) is 3.88. The van der Waals surface area contributed by atoms with Crippen molar-refractivity contribution in [2.24, 2.45) is 11.7 Å². The van der Waals surface area contributed by atoms with Gasteiger partial charge in [-0.05, 0) is 51.2 Å². The number of nitrogens with two attached hydrogens (primary N) is 1. The van der Waals surface area contributed by atoms with Gasteiger partial charge in [-0.2, -0.15) is 0 Å². The second-order valence-electron chi connectivity index (χ2n) is 5.07. The number of aliphatic hydroxyl groups excluding tert-OH is 2. The molecule has 1 aliphatic heterocycles. The molecule has 0 aromatic heterocycles. The van der Waals surface area contributed by atoms with Crippen LogP contribution in [0.5, 0.6) is 0 Å². The van der Waals surface area contributed by atoms with Gasteiger partial charge in [0.25, 0.3) is 0 Å². The summed E-state index contributed by atoms with van der Waals surface area (Å²) in [6.45, 7) is 4.49. The maximum atomic E-state index is 9.18. The number of hydrogen-bond acceptors (Lipinski definition) is 5. The van der Waals surface area contributed by atoms with Gasteiger partial charge in [0.2, 0.25) is 0 Å². The maximum Gasteiger partial charge on any atom is 0.0558 e. The SMILES string of the molecule is NCCCC(C1CCNCC1)N(CCO)CCO.